The summed E-state index contributed by atoms with van der Waals surface area (Å²) < 4.78 is 4.86. The van der Waals surface area contributed by atoms with Gasteiger partial charge >= 0.3 is 5.63 Å². The van der Waals surface area contributed by atoms with Crippen molar-refractivity contribution >= 4 is 5.78 Å². The van der Waals surface area contributed by atoms with Gasteiger partial charge in [0.1, 0.15) is 17.1 Å². The Balaban J connectivity index is 2.16. The monoisotopic (exact) mass is 250 g/mol. The number of carbonyl (C=O) groups excluding carboxylic acids is 1. The first kappa shape index (κ1) is 12.9. The molecule has 4 heteroatoms. The van der Waals surface area contributed by atoms with Crippen LogP contribution in [0.15, 0.2) is 15.3 Å². The van der Waals surface area contributed by atoms with Gasteiger partial charge in [-0.1, -0.05) is 32.1 Å². The van der Waals surface area contributed by atoms with Crippen molar-refractivity contribution in [3.63, 3.8) is 0 Å². The summed E-state index contributed by atoms with van der Waals surface area (Å²) in [6.07, 6.45) is 5.91. The molecule has 0 amide bonds. The first-order valence-electron chi connectivity index (χ1n) is 6.45. The van der Waals surface area contributed by atoms with Gasteiger partial charge in [-0.15, -0.1) is 0 Å². The molecule has 1 fully saturated rings. The maximum atomic E-state index is 12.0. The minimum Gasteiger partial charge on any atom is -0.507 e. The van der Waals surface area contributed by atoms with Crippen molar-refractivity contribution in [2.75, 3.05) is 0 Å². The molecule has 1 N–H and O–H groups in total. The summed E-state index contributed by atoms with van der Waals surface area (Å²) in [6.45, 7) is 1.57. The van der Waals surface area contributed by atoms with Crippen LogP contribution in [0.5, 0.6) is 5.75 Å². The summed E-state index contributed by atoms with van der Waals surface area (Å²) in [5, 5.41) is 9.69. The lowest BCUT2D eigenvalue weighted by molar-refractivity contribution is 0.0943. The highest BCUT2D eigenvalue weighted by Gasteiger charge is 2.23. The zero-order valence-corrected chi connectivity index (χ0v) is 10.6. The molecule has 0 unspecified atom stereocenters. The fourth-order valence-corrected chi connectivity index (χ4v) is 2.61. The molecule has 1 aliphatic carbocycles. The van der Waals surface area contributed by atoms with E-state index in [2.05, 4.69) is 0 Å². The van der Waals surface area contributed by atoms with E-state index in [-0.39, 0.29) is 17.1 Å². The molecular weight excluding hydrogens is 232 g/mol. The Labute approximate surface area is 106 Å². The fraction of sp³-hybridized carbons (Fsp3) is 0.571. The second-order valence-electron chi connectivity index (χ2n) is 5.04. The van der Waals surface area contributed by atoms with Crippen molar-refractivity contribution < 1.29 is 14.3 Å². The fourth-order valence-electron chi connectivity index (χ4n) is 2.61. The number of carbonyl (C=O) groups is 1. The van der Waals surface area contributed by atoms with Crippen LogP contribution in [-0.4, -0.2) is 10.9 Å². The lowest BCUT2D eigenvalue weighted by atomic mass is 9.85. The summed E-state index contributed by atoms with van der Waals surface area (Å²) >= 11 is 0. The predicted molar refractivity (Wildman–Crippen MR) is 66.9 cm³/mol. The zero-order chi connectivity index (χ0) is 13.1. The lowest BCUT2D eigenvalue weighted by Gasteiger charge is -2.20. The molecule has 1 aromatic rings. The summed E-state index contributed by atoms with van der Waals surface area (Å²) in [6, 6.07) is 1.31. The summed E-state index contributed by atoms with van der Waals surface area (Å²) in [5.41, 5.74) is -0.917. The van der Waals surface area contributed by atoms with Crippen molar-refractivity contribution in [2.45, 2.75) is 45.4 Å². The van der Waals surface area contributed by atoms with Crippen molar-refractivity contribution in [1.82, 2.24) is 0 Å². The minimum absolute atomic E-state index is 0.189. The Morgan fingerprint density at radius 2 is 2.06 bits per heavy atom. The second-order valence-corrected chi connectivity index (χ2v) is 5.04. The first-order chi connectivity index (χ1) is 8.58. The summed E-state index contributed by atoms with van der Waals surface area (Å²) in [4.78, 5) is 23.6. The van der Waals surface area contributed by atoms with Gasteiger partial charge < -0.3 is 9.52 Å². The van der Waals surface area contributed by atoms with Gasteiger partial charge in [-0.3, -0.25) is 4.79 Å². The van der Waals surface area contributed by atoms with E-state index in [9.17, 15) is 14.7 Å². The lowest BCUT2D eigenvalue weighted by Crippen LogP contribution is -2.18. The highest BCUT2D eigenvalue weighted by atomic mass is 16.4. The molecule has 0 bridgehead atoms. The third kappa shape index (κ3) is 2.81. The van der Waals surface area contributed by atoms with E-state index in [1.54, 1.807) is 6.92 Å². The summed E-state index contributed by atoms with van der Waals surface area (Å²) in [5.74, 6) is 0.0933. The second kappa shape index (κ2) is 5.38. The molecular formula is C14H18O4. The molecule has 0 saturated heterocycles. The number of hydrogen-bond donors (Lipinski definition) is 1. The predicted octanol–water partition coefficient (Wildman–Crippen LogP) is 2.81. The average Bonchev–Trinajstić information content (AvgIpc) is 2.28. The molecule has 4 nitrogen and oxygen atoms in total. The molecule has 1 aromatic heterocycles. The van der Waals surface area contributed by atoms with E-state index in [4.69, 9.17) is 4.42 Å². The number of ketones is 1. The Kier molecular flexibility index (Phi) is 3.84. The number of aromatic hydroxyl groups is 1. The third-order valence-electron chi connectivity index (χ3n) is 3.53. The standard InChI is InChI=1S/C14H18O4/c1-9-7-11(15)13(14(17)18-9)12(16)8-10-5-3-2-4-6-10/h7,10,15H,2-6,8H2,1H3. The molecule has 0 aliphatic heterocycles. The van der Waals surface area contributed by atoms with E-state index in [0.717, 1.165) is 25.7 Å². The van der Waals surface area contributed by atoms with Crippen LogP contribution < -0.4 is 5.63 Å². The average molecular weight is 250 g/mol. The van der Waals surface area contributed by atoms with Gasteiger partial charge in [-0.2, -0.15) is 0 Å². The molecule has 1 heterocycles. The first-order valence-corrected chi connectivity index (χ1v) is 6.45. The molecule has 0 atom stereocenters. The Morgan fingerprint density at radius 3 is 2.67 bits per heavy atom. The van der Waals surface area contributed by atoms with Crippen molar-refractivity contribution in [1.29, 1.82) is 0 Å². The summed E-state index contributed by atoms with van der Waals surface area (Å²) in [7, 11) is 0. The van der Waals surface area contributed by atoms with Gasteiger partial charge in [0.15, 0.2) is 5.78 Å². The van der Waals surface area contributed by atoms with Crippen molar-refractivity contribution in [2.24, 2.45) is 5.92 Å². The molecule has 0 radical (unpaired) electrons. The van der Waals surface area contributed by atoms with Crippen molar-refractivity contribution in [3.8, 4) is 5.75 Å². The van der Waals surface area contributed by atoms with Gasteiger partial charge in [-0.25, -0.2) is 4.79 Å². The van der Waals surface area contributed by atoms with Crippen LogP contribution in [0, 0.1) is 12.8 Å². The van der Waals surface area contributed by atoms with E-state index in [1.165, 1.54) is 12.5 Å². The third-order valence-corrected chi connectivity index (χ3v) is 3.53. The van der Waals surface area contributed by atoms with Crippen molar-refractivity contribution in [3.05, 3.63) is 27.8 Å². The van der Waals surface area contributed by atoms with Crippen LogP contribution in [0.1, 0.15) is 54.6 Å². The van der Waals surface area contributed by atoms with E-state index in [0.29, 0.717) is 18.1 Å². The molecule has 2 rings (SSSR count). The van der Waals surface area contributed by atoms with Gasteiger partial charge in [-0.05, 0) is 12.8 Å². The Morgan fingerprint density at radius 1 is 1.39 bits per heavy atom. The smallest absolute Gasteiger partial charge is 0.350 e. The molecule has 1 saturated carbocycles. The highest BCUT2D eigenvalue weighted by molar-refractivity contribution is 5.98. The van der Waals surface area contributed by atoms with Crippen LogP contribution in [0.3, 0.4) is 0 Å². The van der Waals surface area contributed by atoms with Gasteiger partial charge in [0.25, 0.3) is 0 Å². The van der Waals surface area contributed by atoms with Crippen LogP contribution in [0.2, 0.25) is 0 Å². The highest BCUT2D eigenvalue weighted by Crippen LogP contribution is 2.28. The van der Waals surface area contributed by atoms with E-state index >= 15 is 0 Å². The normalized spacial score (nSPS) is 16.7. The van der Waals surface area contributed by atoms with Gasteiger partial charge in [0.2, 0.25) is 0 Å². The van der Waals surface area contributed by atoms with Gasteiger partial charge in [0.05, 0.1) is 0 Å². The largest absolute Gasteiger partial charge is 0.507 e. The van der Waals surface area contributed by atoms with E-state index < -0.39 is 5.63 Å². The number of Topliss-reactive ketones (excluding diaryl/α,β-unsaturated/α-hetero) is 1. The molecule has 1 aliphatic rings. The number of aryl methyl sites for hydroxylation is 1. The van der Waals surface area contributed by atoms with Crippen LogP contribution in [-0.2, 0) is 0 Å². The quantitative estimate of drug-likeness (QED) is 0.837. The number of hydrogen-bond acceptors (Lipinski definition) is 4. The maximum Gasteiger partial charge on any atom is 0.350 e. The zero-order valence-electron chi connectivity index (χ0n) is 10.6. The molecule has 0 spiro atoms. The maximum absolute atomic E-state index is 12.0. The minimum atomic E-state index is -0.728. The Bertz CT molecular complexity index is 495. The molecule has 0 aromatic carbocycles. The van der Waals surface area contributed by atoms with E-state index in [1.807, 2.05) is 0 Å². The van der Waals surface area contributed by atoms with Crippen LogP contribution in [0.4, 0.5) is 0 Å². The topological polar surface area (TPSA) is 67.5 Å². The van der Waals surface area contributed by atoms with Gasteiger partial charge in [0, 0.05) is 12.5 Å². The molecule has 98 valence electrons. The van der Waals surface area contributed by atoms with Crippen LogP contribution >= 0.6 is 0 Å². The number of rotatable bonds is 3. The molecule has 18 heavy (non-hydrogen) atoms. The SMILES string of the molecule is Cc1cc(O)c(C(=O)CC2CCCCC2)c(=O)o1. The Hall–Kier alpha value is -1.58. The van der Waals surface area contributed by atoms with Crippen LogP contribution in [0.25, 0.3) is 0 Å².